The van der Waals surface area contributed by atoms with E-state index < -0.39 is 12.1 Å². The number of hydrogen-bond acceptors (Lipinski definition) is 6. The molecule has 0 radical (unpaired) electrons. The summed E-state index contributed by atoms with van der Waals surface area (Å²) in [6, 6.07) is 5.50. The van der Waals surface area contributed by atoms with E-state index in [9.17, 15) is 14.4 Å². The molecule has 0 saturated carbocycles. The van der Waals surface area contributed by atoms with Crippen LogP contribution in [0.25, 0.3) is 0 Å². The van der Waals surface area contributed by atoms with Crippen LogP contribution in [0.15, 0.2) is 29.4 Å². The molecule has 5 N–H and O–H groups in total. The number of oxime groups is 1. The molecule has 1 aliphatic heterocycles. The summed E-state index contributed by atoms with van der Waals surface area (Å²) in [5, 5.41) is 16.8. The van der Waals surface area contributed by atoms with Crippen molar-refractivity contribution in [3.8, 4) is 0 Å². The molecule has 1 aromatic carbocycles. The van der Waals surface area contributed by atoms with Crippen LogP contribution < -0.4 is 21.3 Å². The average molecular weight is 419 g/mol. The number of urea groups is 1. The first-order valence-corrected chi connectivity index (χ1v) is 9.70. The van der Waals surface area contributed by atoms with Crippen LogP contribution >= 0.6 is 0 Å². The zero-order chi connectivity index (χ0) is 22.3. The van der Waals surface area contributed by atoms with Gasteiger partial charge in [-0.1, -0.05) is 25.9 Å². The van der Waals surface area contributed by atoms with Crippen LogP contribution in [0.3, 0.4) is 0 Å². The van der Waals surface area contributed by atoms with Crippen LogP contribution in [0, 0.1) is 5.41 Å². The van der Waals surface area contributed by atoms with Crippen LogP contribution in [0.4, 0.5) is 10.5 Å². The van der Waals surface area contributed by atoms with Gasteiger partial charge in [-0.05, 0) is 36.1 Å². The van der Waals surface area contributed by atoms with Crippen molar-refractivity contribution in [1.29, 1.82) is 0 Å². The molecule has 30 heavy (non-hydrogen) atoms. The van der Waals surface area contributed by atoms with Crippen molar-refractivity contribution < 1.29 is 24.3 Å². The Labute approximate surface area is 175 Å². The van der Waals surface area contributed by atoms with Gasteiger partial charge in [-0.3, -0.25) is 9.59 Å². The highest BCUT2D eigenvalue weighted by molar-refractivity contribution is 6.02. The van der Waals surface area contributed by atoms with Crippen molar-refractivity contribution in [2.75, 3.05) is 24.6 Å². The molecule has 1 fully saturated rings. The molecule has 0 bridgehead atoms. The van der Waals surface area contributed by atoms with Crippen LogP contribution in [0.5, 0.6) is 0 Å². The van der Waals surface area contributed by atoms with E-state index in [1.165, 1.54) is 0 Å². The Hall–Kier alpha value is -3.30. The molecule has 10 heteroatoms. The largest absolute Gasteiger partial charge is 0.465 e. The number of nitrogens with one attached hydrogen (secondary N) is 2. The molecule has 1 saturated heterocycles. The average Bonchev–Trinajstić information content (AvgIpc) is 3.05. The maximum absolute atomic E-state index is 12.6. The van der Waals surface area contributed by atoms with Crippen molar-refractivity contribution >= 4 is 29.4 Å². The predicted octanol–water partition coefficient (Wildman–Crippen LogP) is 1.17. The number of carbonyl (C=O) groups excluding carboxylic acids is 3. The fourth-order valence-electron chi connectivity index (χ4n) is 2.80. The topological polar surface area (TPSA) is 146 Å². The Morgan fingerprint density at radius 3 is 2.57 bits per heavy atom. The van der Waals surface area contributed by atoms with Gasteiger partial charge in [0.25, 0.3) is 0 Å². The first-order valence-electron chi connectivity index (χ1n) is 9.70. The minimum absolute atomic E-state index is 0.0206. The lowest BCUT2D eigenvalue weighted by molar-refractivity contribution is -0.146. The van der Waals surface area contributed by atoms with Crippen LogP contribution in [-0.2, 0) is 14.3 Å². The van der Waals surface area contributed by atoms with Crippen LogP contribution in [-0.4, -0.2) is 54.7 Å². The molecule has 1 aromatic rings. The lowest BCUT2D eigenvalue weighted by Crippen LogP contribution is -2.46. The molecule has 3 amide bonds. The molecule has 0 aromatic heterocycles. The lowest BCUT2D eigenvalue weighted by Gasteiger charge is -2.18. The van der Waals surface area contributed by atoms with Gasteiger partial charge in [0.1, 0.15) is 6.04 Å². The Kier molecular flexibility index (Phi) is 7.62. The Balaban J connectivity index is 1.78. The van der Waals surface area contributed by atoms with Gasteiger partial charge in [-0.15, -0.1) is 0 Å². The fraction of sp³-hybridized carbons (Fsp3) is 0.500. The van der Waals surface area contributed by atoms with Gasteiger partial charge in [0.05, 0.1) is 13.0 Å². The molecule has 2 rings (SSSR count). The van der Waals surface area contributed by atoms with Gasteiger partial charge < -0.3 is 31.2 Å². The number of benzene rings is 1. The van der Waals surface area contributed by atoms with E-state index in [1.54, 1.807) is 29.2 Å². The third-order valence-corrected chi connectivity index (χ3v) is 4.37. The van der Waals surface area contributed by atoms with Gasteiger partial charge in [0.2, 0.25) is 5.91 Å². The van der Waals surface area contributed by atoms with Gasteiger partial charge in [0.15, 0.2) is 5.84 Å². The third kappa shape index (κ3) is 6.64. The lowest BCUT2D eigenvalue weighted by atomic mass is 9.99. The third-order valence-electron chi connectivity index (χ3n) is 4.37. The molecule has 0 spiro atoms. The van der Waals surface area contributed by atoms with E-state index in [0.717, 1.165) is 0 Å². The minimum Gasteiger partial charge on any atom is -0.465 e. The Bertz CT molecular complexity index is 801. The number of carbonyl (C=O) groups is 3. The second-order valence-corrected chi connectivity index (χ2v) is 8.23. The van der Waals surface area contributed by atoms with E-state index in [4.69, 9.17) is 15.7 Å². The van der Waals surface area contributed by atoms with Gasteiger partial charge >= 0.3 is 12.0 Å². The Morgan fingerprint density at radius 2 is 1.97 bits per heavy atom. The molecule has 10 nitrogen and oxygen atoms in total. The summed E-state index contributed by atoms with van der Waals surface area (Å²) in [6.07, 6.45) is 0.517. The maximum Gasteiger partial charge on any atom is 0.315 e. The second kappa shape index (κ2) is 9.95. The van der Waals surface area contributed by atoms with Crippen molar-refractivity contribution in [1.82, 2.24) is 10.6 Å². The standard InChI is InChI=1S/C20H29N5O5/c1-20(2,3)12-30-16(26)8-10-22-19(28)23-15-9-11-25(18(15)27)14-6-4-13(5-7-14)17(21)24-29/h4-7,15,29H,8-12H2,1-3H3,(H2,21,24)(H2,22,23,28). The summed E-state index contributed by atoms with van der Waals surface area (Å²) < 4.78 is 5.13. The summed E-state index contributed by atoms with van der Waals surface area (Å²) >= 11 is 0. The number of rotatable bonds is 7. The zero-order valence-electron chi connectivity index (χ0n) is 17.5. The number of nitrogens with two attached hydrogens (primary N) is 1. The normalized spacial score (nSPS) is 17.0. The summed E-state index contributed by atoms with van der Waals surface area (Å²) in [5.41, 5.74) is 6.60. The highest BCUT2D eigenvalue weighted by Crippen LogP contribution is 2.22. The second-order valence-electron chi connectivity index (χ2n) is 8.23. The summed E-state index contributed by atoms with van der Waals surface area (Å²) in [5.74, 6) is -0.636. The quantitative estimate of drug-likeness (QED) is 0.171. The SMILES string of the molecule is CC(C)(C)COC(=O)CCNC(=O)NC1CCN(c2ccc(C(N)=NO)cc2)C1=O. The summed E-state index contributed by atoms with van der Waals surface area (Å²) in [4.78, 5) is 37.9. The van der Waals surface area contributed by atoms with Crippen LogP contribution in [0.1, 0.15) is 39.2 Å². The molecular formula is C20H29N5O5. The first kappa shape index (κ1) is 23.0. The van der Waals surface area contributed by atoms with E-state index in [1.807, 2.05) is 20.8 Å². The highest BCUT2D eigenvalue weighted by Gasteiger charge is 2.33. The Morgan fingerprint density at radius 1 is 1.30 bits per heavy atom. The molecule has 1 atom stereocenters. The molecule has 1 heterocycles. The minimum atomic E-state index is -0.651. The number of ether oxygens (including phenoxy) is 1. The number of anilines is 1. The van der Waals surface area contributed by atoms with Gasteiger partial charge in [-0.25, -0.2) is 4.79 Å². The van der Waals surface area contributed by atoms with Crippen molar-refractivity contribution in [2.24, 2.45) is 16.3 Å². The molecule has 164 valence electrons. The number of hydrogen-bond donors (Lipinski definition) is 4. The number of esters is 1. The summed E-state index contributed by atoms with van der Waals surface area (Å²) in [7, 11) is 0. The van der Waals surface area contributed by atoms with Crippen LogP contribution in [0.2, 0.25) is 0 Å². The number of amides is 3. The predicted molar refractivity (Wildman–Crippen MR) is 111 cm³/mol. The monoisotopic (exact) mass is 419 g/mol. The van der Waals surface area contributed by atoms with Crippen molar-refractivity contribution in [3.63, 3.8) is 0 Å². The first-order chi connectivity index (χ1) is 14.1. The smallest absolute Gasteiger partial charge is 0.315 e. The molecule has 1 unspecified atom stereocenters. The van der Waals surface area contributed by atoms with E-state index in [-0.39, 0.29) is 36.1 Å². The maximum atomic E-state index is 12.6. The van der Waals surface area contributed by atoms with Crippen molar-refractivity contribution in [2.45, 2.75) is 39.7 Å². The van der Waals surface area contributed by atoms with E-state index in [2.05, 4.69) is 15.8 Å². The van der Waals surface area contributed by atoms with Gasteiger partial charge in [0, 0.05) is 24.3 Å². The summed E-state index contributed by atoms with van der Waals surface area (Å²) in [6.45, 7) is 6.76. The molecule has 0 aliphatic carbocycles. The molecule has 1 aliphatic rings. The van der Waals surface area contributed by atoms with Gasteiger partial charge in [-0.2, -0.15) is 0 Å². The zero-order valence-corrected chi connectivity index (χ0v) is 17.5. The van der Waals surface area contributed by atoms with Crippen molar-refractivity contribution in [3.05, 3.63) is 29.8 Å². The van der Waals surface area contributed by atoms with E-state index in [0.29, 0.717) is 30.8 Å². The number of nitrogens with zero attached hydrogens (tertiary/aromatic N) is 2. The number of amidine groups is 1. The molecular weight excluding hydrogens is 390 g/mol. The highest BCUT2D eigenvalue weighted by atomic mass is 16.5. The fourth-order valence-corrected chi connectivity index (χ4v) is 2.80. The van der Waals surface area contributed by atoms with E-state index >= 15 is 0 Å².